The van der Waals surface area contributed by atoms with Gasteiger partial charge in [0.1, 0.15) is 36.2 Å². The van der Waals surface area contributed by atoms with Crippen molar-refractivity contribution in [2.75, 3.05) is 31.6 Å². The molecule has 2 amide bonds. The first-order valence-electron chi connectivity index (χ1n) is 13.4. The van der Waals surface area contributed by atoms with Gasteiger partial charge >= 0.3 is 6.03 Å². The number of fused-ring (bicyclic) bond motifs is 1. The Morgan fingerprint density at radius 2 is 1.88 bits per heavy atom. The Bertz CT molecular complexity index is 1450. The van der Waals surface area contributed by atoms with Crippen LogP contribution >= 0.6 is 11.6 Å². The summed E-state index contributed by atoms with van der Waals surface area (Å²) in [5.74, 6) is 1.53. The van der Waals surface area contributed by atoms with Crippen LogP contribution in [0.15, 0.2) is 54.9 Å². The predicted molar refractivity (Wildman–Crippen MR) is 155 cm³/mol. The summed E-state index contributed by atoms with van der Waals surface area (Å²) in [7, 11) is 0. The molecule has 11 heteroatoms. The van der Waals surface area contributed by atoms with Crippen molar-refractivity contribution in [1.82, 2.24) is 25.2 Å². The van der Waals surface area contributed by atoms with Crippen molar-refractivity contribution in [3.63, 3.8) is 0 Å². The van der Waals surface area contributed by atoms with Crippen molar-refractivity contribution in [3.8, 4) is 28.6 Å². The molecule has 1 aliphatic rings. The van der Waals surface area contributed by atoms with Crippen LogP contribution in [0.3, 0.4) is 0 Å². The van der Waals surface area contributed by atoms with Gasteiger partial charge < -0.3 is 35.1 Å². The smallest absolute Gasteiger partial charge is 0.319 e. The third kappa shape index (κ3) is 7.01. The summed E-state index contributed by atoms with van der Waals surface area (Å²) in [6.07, 6.45) is 2.88. The average Bonchev–Trinajstić information content (AvgIpc) is 3.66. The van der Waals surface area contributed by atoms with Crippen molar-refractivity contribution in [2.45, 2.75) is 38.8 Å². The first-order chi connectivity index (χ1) is 19.4. The van der Waals surface area contributed by atoms with E-state index in [2.05, 4.69) is 44.3 Å². The molecule has 4 aromatic rings. The number of hydrogen-bond acceptors (Lipinski definition) is 7. The number of anilines is 1. The lowest BCUT2D eigenvalue weighted by Gasteiger charge is -2.21. The van der Waals surface area contributed by atoms with Crippen LogP contribution in [0.5, 0.6) is 17.4 Å². The zero-order valence-electron chi connectivity index (χ0n) is 22.5. The normalized spacial score (nSPS) is 13.8. The molecule has 0 bridgehead atoms. The van der Waals surface area contributed by atoms with Gasteiger partial charge in [-0.2, -0.15) is 0 Å². The predicted octanol–water partition coefficient (Wildman–Crippen LogP) is 5.44. The van der Waals surface area contributed by atoms with Gasteiger partial charge in [0.25, 0.3) is 0 Å². The number of halogens is 1. The fourth-order valence-corrected chi connectivity index (χ4v) is 4.47. The summed E-state index contributed by atoms with van der Waals surface area (Å²) in [5.41, 5.74) is 2.89. The Hall–Kier alpha value is -3.86. The molecular weight excluding hydrogens is 532 g/mol. The molecule has 1 aliphatic carbocycles. The van der Waals surface area contributed by atoms with Gasteiger partial charge in [-0.1, -0.05) is 25.4 Å². The number of rotatable bonds is 12. The van der Waals surface area contributed by atoms with Crippen LogP contribution in [-0.4, -0.2) is 69.4 Å². The molecule has 2 heterocycles. The van der Waals surface area contributed by atoms with Crippen LogP contribution in [0.4, 0.5) is 10.5 Å². The SMILES string of the molecule is CCN(CC)C[C@@H](O)COc1ccc(-c2cc3c(Oc4ccc(NC(=O)NC5CC5)c(Cl)c4)ncnc3[nH]2)cc1. The number of carbonyl (C=O) groups excluding carboxylic acids is 1. The van der Waals surface area contributed by atoms with E-state index in [0.717, 1.165) is 37.2 Å². The minimum absolute atomic E-state index is 0.229. The number of H-pyrrole nitrogens is 1. The van der Waals surface area contributed by atoms with Gasteiger partial charge in [0, 0.05) is 24.3 Å². The zero-order chi connectivity index (χ0) is 28.1. The van der Waals surface area contributed by atoms with E-state index in [-0.39, 0.29) is 18.7 Å². The van der Waals surface area contributed by atoms with Gasteiger partial charge in [-0.05, 0) is 74.0 Å². The summed E-state index contributed by atoms with van der Waals surface area (Å²) in [5, 5.41) is 16.9. The molecule has 1 saturated carbocycles. The highest BCUT2D eigenvalue weighted by Gasteiger charge is 2.23. The number of likely N-dealkylation sites (N-methyl/N-ethyl adjacent to an activating group) is 1. The van der Waals surface area contributed by atoms with E-state index in [1.54, 1.807) is 18.2 Å². The number of hydrogen-bond donors (Lipinski definition) is 4. The number of aliphatic hydroxyl groups is 1. The molecule has 5 rings (SSSR count). The van der Waals surface area contributed by atoms with Gasteiger partial charge in [0.05, 0.1) is 16.1 Å². The van der Waals surface area contributed by atoms with Crippen LogP contribution < -0.4 is 20.1 Å². The topological polar surface area (TPSA) is 125 Å². The standard InChI is InChI=1S/C29H33ClN6O4/c1-3-36(4-2)15-20(37)16-39-21-9-5-18(6-10-21)26-14-23-27(34-26)31-17-32-28(23)40-22-11-12-25(24(30)13-22)35-29(38)33-19-7-8-19/h5-6,9-14,17,19-20,37H,3-4,7-8,15-16H2,1-2H3,(H,31,32,34)(H2,33,35,38)/t20-/m1/s1. The van der Waals surface area contributed by atoms with E-state index < -0.39 is 6.10 Å². The average molecular weight is 565 g/mol. The number of urea groups is 1. The largest absolute Gasteiger partial charge is 0.491 e. The van der Waals surface area contributed by atoms with Crippen LogP contribution in [-0.2, 0) is 0 Å². The number of amides is 2. The molecule has 1 fully saturated rings. The number of nitrogens with zero attached hydrogens (tertiary/aromatic N) is 3. The van der Waals surface area contributed by atoms with Gasteiger partial charge in [0.15, 0.2) is 0 Å². The molecule has 4 N–H and O–H groups in total. The number of benzene rings is 2. The molecule has 210 valence electrons. The minimum Gasteiger partial charge on any atom is -0.491 e. The number of ether oxygens (including phenoxy) is 2. The Morgan fingerprint density at radius 3 is 2.58 bits per heavy atom. The lowest BCUT2D eigenvalue weighted by atomic mass is 10.1. The fraction of sp³-hybridized carbons (Fsp3) is 0.345. The van der Waals surface area contributed by atoms with Gasteiger partial charge in [-0.3, -0.25) is 0 Å². The number of nitrogens with one attached hydrogen (secondary N) is 3. The second kappa shape index (κ2) is 12.5. The molecule has 0 spiro atoms. The number of aromatic amines is 1. The monoisotopic (exact) mass is 564 g/mol. The van der Waals surface area contributed by atoms with Gasteiger partial charge in [0.2, 0.25) is 5.88 Å². The van der Waals surface area contributed by atoms with E-state index in [4.69, 9.17) is 21.1 Å². The van der Waals surface area contributed by atoms with Crippen LogP contribution in [0.1, 0.15) is 26.7 Å². The summed E-state index contributed by atoms with van der Waals surface area (Å²) >= 11 is 6.39. The van der Waals surface area contributed by atoms with Gasteiger partial charge in [-0.15, -0.1) is 0 Å². The maximum atomic E-state index is 12.0. The van der Waals surface area contributed by atoms with Crippen molar-refractivity contribution < 1.29 is 19.4 Å². The lowest BCUT2D eigenvalue weighted by Crippen LogP contribution is -2.35. The van der Waals surface area contributed by atoms with Crippen molar-refractivity contribution in [3.05, 3.63) is 59.9 Å². The highest BCUT2D eigenvalue weighted by molar-refractivity contribution is 6.33. The summed E-state index contributed by atoms with van der Waals surface area (Å²) in [6.45, 7) is 6.74. The Balaban J connectivity index is 1.24. The molecule has 0 radical (unpaired) electrons. The summed E-state index contributed by atoms with van der Waals surface area (Å²) < 4.78 is 11.8. The molecule has 1 atom stereocenters. The summed E-state index contributed by atoms with van der Waals surface area (Å²) in [4.78, 5) is 26.2. The van der Waals surface area contributed by atoms with Crippen LogP contribution in [0.25, 0.3) is 22.3 Å². The highest BCUT2D eigenvalue weighted by Crippen LogP contribution is 2.34. The Kier molecular flexibility index (Phi) is 8.69. The maximum Gasteiger partial charge on any atom is 0.319 e. The molecule has 10 nitrogen and oxygen atoms in total. The molecule has 40 heavy (non-hydrogen) atoms. The first kappa shape index (κ1) is 27.7. The molecule has 2 aromatic heterocycles. The second-order valence-corrected chi connectivity index (χ2v) is 10.1. The summed E-state index contributed by atoms with van der Waals surface area (Å²) in [6, 6.07) is 14.6. The molecular formula is C29H33ClN6O4. The molecule has 2 aromatic carbocycles. The maximum absolute atomic E-state index is 12.0. The number of carbonyl (C=O) groups is 1. The second-order valence-electron chi connectivity index (χ2n) is 9.72. The lowest BCUT2D eigenvalue weighted by molar-refractivity contribution is 0.0716. The number of aliphatic hydroxyl groups excluding tert-OH is 1. The Morgan fingerprint density at radius 1 is 1.12 bits per heavy atom. The molecule has 0 unspecified atom stereocenters. The van der Waals surface area contributed by atoms with E-state index in [1.165, 1.54) is 6.33 Å². The molecule has 0 saturated heterocycles. The third-order valence-electron chi connectivity index (χ3n) is 6.68. The zero-order valence-corrected chi connectivity index (χ0v) is 23.2. The quantitative estimate of drug-likeness (QED) is 0.181. The van der Waals surface area contributed by atoms with Crippen LogP contribution in [0.2, 0.25) is 5.02 Å². The first-order valence-corrected chi connectivity index (χ1v) is 13.8. The van der Waals surface area contributed by atoms with Crippen molar-refractivity contribution in [1.29, 1.82) is 0 Å². The minimum atomic E-state index is -0.556. The fourth-order valence-electron chi connectivity index (χ4n) is 4.25. The molecule has 0 aliphatic heterocycles. The highest BCUT2D eigenvalue weighted by atomic mass is 35.5. The van der Waals surface area contributed by atoms with Crippen molar-refractivity contribution >= 4 is 34.4 Å². The van der Waals surface area contributed by atoms with E-state index in [0.29, 0.717) is 45.7 Å². The van der Waals surface area contributed by atoms with Crippen molar-refractivity contribution in [2.24, 2.45) is 0 Å². The Labute approximate surface area is 237 Å². The van der Waals surface area contributed by atoms with Gasteiger partial charge in [-0.25, -0.2) is 14.8 Å². The van der Waals surface area contributed by atoms with Crippen LogP contribution in [0, 0.1) is 0 Å². The number of aromatic nitrogens is 3. The van der Waals surface area contributed by atoms with E-state index >= 15 is 0 Å². The van der Waals surface area contributed by atoms with E-state index in [1.807, 2.05) is 30.3 Å². The third-order valence-corrected chi connectivity index (χ3v) is 6.99. The van der Waals surface area contributed by atoms with E-state index in [9.17, 15) is 9.90 Å².